The summed E-state index contributed by atoms with van der Waals surface area (Å²) >= 11 is 18.9. The second-order valence-electron chi connectivity index (χ2n) is 8.59. The first-order valence-electron chi connectivity index (χ1n) is 11.4. The first-order chi connectivity index (χ1) is 18.7. The summed E-state index contributed by atoms with van der Waals surface area (Å²) in [5, 5.41) is 14.7. The lowest BCUT2D eigenvalue weighted by atomic mass is 10.0. The number of nitriles is 1. The van der Waals surface area contributed by atoms with Crippen molar-refractivity contribution in [3.63, 3.8) is 0 Å². The van der Waals surface area contributed by atoms with Crippen LogP contribution in [0.3, 0.4) is 0 Å². The second-order valence-corrected chi connectivity index (χ2v) is 9.87. The van der Waals surface area contributed by atoms with Gasteiger partial charge in [-0.05, 0) is 48.0 Å². The SMILES string of the molecule is COc1nc2c(=O)n(Cc3ncn(C)n3)c(=O)n(Cc3cc(Cl)cc(Cl)c3)c2cc1-c1cc(C#N)ccc1Cl. The van der Waals surface area contributed by atoms with E-state index in [-0.39, 0.29) is 35.8 Å². The minimum Gasteiger partial charge on any atom is -0.481 e. The lowest BCUT2D eigenvalue weighted by Crippen LogP contribution is -2.41. The van der Waals surface area contributed by atoms with Gasteiger partial charge in [0.05, 0.1) is 37.3 Å². The molecule has 0 aliphatic carbocycles. The number of fused-ring (bicyclic) bond motifs is 1. The molecule has 196 valence electrons. The van der Waals surface area contributed by atoms with Crippen molar-refractivity contribution in [2.24, 2.45) is 7.05 Å². The number of halogens is 3. The molecule has 5 rings (SSSR count). The fraction of sp³-hybridized carbons (Fsp3) is 0.154. The number of aromatic nitrogens is 6. The lowest BCUT2D eigenvalue weighted by Gasteiger charge is -2.17. The van der Waals surface area contributed by atoms with Crippen LogP contribution in [0.25, 0.3) is 22.2 Å². The zero-order valence-electron chi connectivity index (χ0n) is 20.5. The summed E-state index contributed by atoms with van der Waals surface area (Å²) in [6, 6.07) is 13.3. The number of hydrogen-bond donors (Lipinski definition) is 0. The van der Waals surface area contributed by atoms with E-state index >= 15 is 0 Å². The molecule has 39 heavy (non-hydrogen) atoms. The van der Waals surface area contributed by atoms with Gasteiger partial charge in [0.25, 0.3) is 5.56 Å². The Bertz CT molecular complexity index is 1900. The van der Waals surface area contributed by atoms with Crippen LogP contribution in [-0.4, -0.2) is 36.0 Å². The summed E-state index contributed by atoms with van der Waals surface area (Å²) in [4.78, 5) is 36.1. The minimum atomic E-state index is -0.649. The maximum Gasteiger partial charge on any atom is 0.332 e. The number of nitrogens with zero attached hydrogens (tertiary/aromatic N) is 7. The number of methoxy groups -OCH3 is 1. The molecule has 0 radical (unpaired) electrons. The second kappa shape index (κ2) is 10.5. The Balaban J connectivity index is 1.83. The van der Waals surface area contributed by atoms with Gasteiger partial charge in [-0.25, -0.2) is 14.8 Å². The quantitative estimate of drug-likeness (QED) is 0.293. The van der Waals surface area contributed by atoms with E-state index in [1.165, 1.54) is 22.7 Å². The van der Waals surface area contributed by atoms with Gasteiger partial charge in [-0.15, -0.1) is 0 Å². The average Bonchev–Trinajstić information content (AvgIpc) is 3.32. The van der Waals surface area contributed by atoms with Crippen LogP contribution < -0.4 is 16.0 Å². The molecule has 0 saturated heterocycles. The van der Waals surface area contributed by atoms with Crippen molar-refractivity contribution < 1.29 is 4.74 Å². The monoisotopic (exact) mass is 581 g/mol. The largest absolute Gasteiger partial charge is 0.481 e. The molecular weight excluding hydrogens is 565 g/mol. The standard InChI is InChI=1S/C26H18Cl3N7O3/c1-34-13-31-22(33-34)12-36-25(37)23-21(35(26(36)38)11-15-5-16(27)8-17(28)6-15)9-19(24(32-23)39-2)18-7-14(10-30)3-4-20(18)29/h3-9,13H,11-12H2,1-2H3. The fourth-order valence-electron chi connectivity index (χ4n) is 4.24. The van der Waals surface area contributed by atoms with Crippen LogP contribution in [0.4, 0.5) is 0 Å². The molecular formula is C26H18Cl3N7O3. The Hall–Kier alpha value is -4.17. The summed E-state index contributed by atoms with van der Waals surface area (Å²) in [6.07, 6.45) is 1.47. The van der Waals surface area contributed by atoms with E-state index in [2.05, 4.69) is 21.1 Å². The van der Waals surface area contributed by atoms with E-state index < -0.39 is 11.2 Å². The Morgan fingerprint density at radius 1 is 0.974 bits per heavy atom. The van der Waals surface area contributed by atoms with Gasteiger partial charge in [-0.3, -0.25) is 18.6 Å². The van der Waals surface area contributed by atoms with Crippen LogP contribution in [0, 0.1) is 11.3 Å². The highest BCUT2D eigenvalue weighted by Gasteiger charge is 2.21. The van der Waals surface area contributed by atoms with Crippen molar-refractivity contribution in [2.45, 2.75) is 13.1 Å². The summed E-state index contributed by atoms with van der Waals surface area (Å²) in [7, 11) is 3.08. The van der Waals surface area contributed by atoms with Crippen LogP contribution in [0.15, 0.2) is 58.4 Å². The fourth-order valence-corrected chi connectivity index (χ4v) is 5.03. The molecule has 0 fully saturated rings. The predicted molar refractivity (Wildman–Crippen MR) is 148 cm³/mol. The molecule has 0 N–H and O–H groups in total. The van der Waals surface area contributed by atoms with Crippen molar-refractivity contribution in [1.29, 1.82) is 5.26 Å². The van der Waals surface area contributed by atoms with E-state index in [0.717, 1.165) is 4.57 Å². The molecule has 3 aromatic heterocycles. The maximum absolute atomic E-state index is 13.8. The third kappa shape index (κ3) is 5.12. The summed E-state index contributed by atoms with van der Waals surface area (Å²) in [5.74, 6) is 0.368. The first kappa shape index (κ1) is 26.4. The maximum atomic E-state index is 13.8. The van der Waals surface area contributed by atoms with Crippen molar-refractivity contribution in [3.8, 4) is 23.1 Å². The topological polar surface area (TPSA) is 121 Å². The van der Waals surface area contributed by atoms with Crippen LogP contribution in [0.2, 0.25) is 15.1 Å². The number of benzene rings is 2. The number of ether oxygens (including phenoxy) is 1. The molecule has 0 aliphatic rings. The van der Waals surface area contributed by atoms with E-state index in [1.807, 2.05) is 0 Å². The Labute approximate surface area is 236 Å². The van der Waals surface area contributed by atoms with E-state index in [0.29, 0.717) is 37.3 Å². The number of rotatable bonds is 6. The summed E-state index contributed by atoms with van der Waals surface area (Å²) in [5.41, 5.74) is 0.768. The Kier molecular flexibility index (Phi) is 7.14. The van der Waals surface area contributed by atoms with Gasteiger partial charge in [-0.1, -0.05) is 34.8 Å². The summed E-state index contributed by atoms with van der Waals surface area (Å²) in [6.45, 7) is -0.155. The molecule has 0 unspecified atom stereocenters. The van der Waals surface area contributed by atoms with Gasteiger partial charge in [0.2, 0.25) is 5.88 Å². The molecule has 0 aliphatic heterocycles. The van der Waals surface area contributed by atoms with Crippen LogP contribution in [0.1, 0.15) is 17.0 Å². The highest BCUT2D eigenvalue weighted by Crippen LogP contribution is 2.36. The molecule has 13 heteroatoms. The van der Waals surface area contributed by atoms with Gasteiger partial charge in [-0.2, -0.15) is 10.4 Å². The predicted octanol–water partition coefficient (Wildman–Crippen LogP) is 4.29. The molecule has 3 heterocycles. The average molecular weight is 583 g/mol. The molecule has 0 amide bonds. The van der Waals surface area contributed by atoms with Gasteiger partial charge >= 0.3 is 5.69 Å². The smallest absolute Gasteiger partial charge is 0.332 e. The molecule has 0 saturated carbocycles. The van der Waals surface area contributed by atoms with Crippen LogP contribution >= 0.6 is 34.8 Å². The van der Waals surface area contributed by atoms with Crippen molar-refractivity contribution in [3.05, 3.63) is 102 Å². The molecule has 5 aromatic rings. The molecule has 0 atom stereocenters. The number of hydrogen-bond acceptors (Lipinski definition) is 7. The van der Waals surface area contributed by atoms with Gasteiger partial charge in [0, 0.05) is 33.2 Å². The molecule has 2 aromatic carbocycles. The van der Waals surface area contributed by atoms with Crippen molar-refractivity contribution >= 4 is 45.8 Å². The number of aryl methyl sites for hydroxylation is 1. The van der Waals surface area contributed by atoms with Crippen molar-refractivity contribution in [2.75, 3.05) is 7.11 Å². The minimum absolute atomic E-state index is 0.0188. The normalized spacial score (nSPS) is 11.1. The van der Waals surface area contributed by atoms with Crippen LogP contribution in [-0.2, 0) is 20.1 Å². The highest BCUT2D eigenvalue weighted by molar-refractivity contribution is 6.34. The highest BCUT2D eigenvalue weighted by atomic mass is 35.5. The molecule has 0 bridgehead atoms. The lowest BCUT2D eigenvalue weighted by molar-refractivity contribution is 0.401. The van der Waals surface area contributed by atoms with Gasteiger partial charge in [0.1, 0.15) is 6.33 Å². The third-order valence-corrected chi connectivity index (χ3v) is 6.72. The Morgan fingerprint density at radius 2 is 1.72 bits per heavy atom. The van der Waals surface area contributed by atoms with Gasteiger partial charge < -0.3 is 4.74 Å². The first-order valence-corrected chi connectivity index (χ1v) is 12.5. The zero-order valence-corrected chi connectivity index (χ0v) is 22.8. The van der Waals surface area contributed by atoms with Crippen molar-refractivity contribution in [1.82, 2.24) is 28.9 Å². The molecule has 0 spiro atoms. The van der Waals surface area contributed by atoms with Crippen LogP contribution in [0.5, 0.6) is 5.88 Å². The Morgan fingerprint density at radius 3 is 2.36 bits per heavy atom. The summed E-state index contributed by atoms with van der Waals surface area (Å²) < 4.78 is 9.40. The zero-order chi connectivity index (χ0) is 27.8. The van der Waals surface area contributed by atoms with E-state index in [4.69, 9.17) is 39.5 Å². The molecule has 10 nitrogen and oxygen atoms in total. The third-order valence-electron chi connectivity index (χ3n) is 5.96. The number of pyridine rings is 1. The van der Waals surface area contributed by atoms with E-state index in [9.17, 15) is 14.9 Å². The van der Waals surface area contributed by atoms with Gasteiger partial charge in [0.15, 0.2) is 11.3 Å². The van der Waals surface area contributed by atoms with E-state index in [1.54, 1.807) is 49.5 Å².